The molecule has 8 heteroatoms. The van der Waals surface area contributed by atoms with Crippen LogP contribution < -0.4 is 5.32 Å². The molecule has 1 amide bonds. The van der Waals surface area contributed by atoms with Crippen LogP contribution >= 0.6 is 27.5 Å². The zero-order chi connectivity index (χ0) is 20.4. The van der Waals surface area contributed by atoms with E-state index in [4.69, 9.17) is 11.6 Å². The summed E-state index contributed by atoms with van der Waals surface area (Å²) < 4.78 is 15.7. The summed E-state index contributed by atoms with van der Waals surface area (Å²) in [5.41, 5.74) is 1.86. The van der Waals surface area contributed by atoms with E-state index < -0.39 is 5.91 Å². The number of anilines is 1. The number of halogens is 3. The Bertz CT molecular complexity index is 1180. The number of rotatable bonds is 4. The lowest BCUT2D eigenvalue weighted by molar-refractivity contribution is 0.101. The number of nitrogens with zero attached hydrogens (tertiary/aromatic N) is 3. The highest BCUT2D eigenvalue weighted by Crippen LogP contribution is 2.24. The first-order valence-corrected chi connectivity index (χ1v) is 9.72. The highest BCUT2D eigenvalue weighted by atomic mass is 79.9. The monoisotopic (exact) mass is 470 g/mol. The van der Waals surface area contributed by atoms with Crippen molar-refractivity contribution in [2.24, 2.45) is 0 Å². The predicted molar refractivity (Wildman–Crippen MR) is 114 cm³/mol. The van der Waals surface area contributed by atoms with E-state index in [-0.39, 0.29) is 11.6 Å². The number of carbonyl (C=O) groups excluding carboxylic acids is 1. The minimum absolute atomic E-state index is 0.0211. The van der Waals surface area contributed by atoms with E-state index in [1.54, 1.807) is 42.5 Å². The van der Waals surface area contributed by atoms with Gasteiger partial charge in [-0.2, -0.15) is 0 Å². The van der Waals surface area contributed by atoms with E-state index in [1.165, 1.54) is 16.8 Å². The average Bonchev–Trinajstić information content (AvgIpc) is 3.16. The van der Waals surface area contributed by atoms with Gasteiger partial charge in [-0.1, -0.05) is 39.7 Å². The molecular formula is C21H13BrClFN4O. The van der Waals surface area contributed by atoms with E-state index in [1.807, 2.05) is 18.2 Å². The van der Waals surface area contributed by atoms with Gasteiger partial charge in [-0.15, -0.1) is 5.10 Å². The Kier molecular flexibility index (Phi) is 5.42. The summed E-state index contributed by atoms with van der Waals surface area (Å²) in [6.45, 7) is 0. The van der Waals surface area contributed by atoms with Crippen LogP contribution in [0.3, 0.4) is 0 Å². The molecule has 4 rings (SSSR count). The molecule has 0 unspecified atom stereocenters. The molecule has 4 aromatic rings. The largest absolute Gasteiger partial charge is 0.319 e. The number of aromatic nitrogens is 3. The summed E-state index contributed by atoms with van der Waals surface area (Å²) in [5.74, 6) is -0.435. The maximum absolute atomic E-state index is 13.4. The van der Waals surface area contributed by atoms with Crippen LogP contribution in [0.4, 0.5) is 10.1 Å². The second-order valence-corrected chi connectivity index (χ2v) is 7.47. The average molecular weight is 472 g/mol. The Labute approximate surface area is 179 Å². The van der Waals surface area contributed by atoms with Crippen LogP contribution in [0.5, 0.6) is 0 Å². The van der Waals surface area contributed by atoms with Crippen LogP contribution in [0.15, 0.2) is 77.3 Å². The molecule has 0 bridgehead atoms. The van der Waals surface area contributed by atoms with Crippen molar-refractivity contribution in [1.29, 1.82) is 0 Å². The minimum Gasteiger partial charge on any atom is -0.319 e. The molecule has 5 nitrogen and oxygen atoms in total. The SMILES string of the molecule is O=C(Nc1ccc(Br)cc1)c1nc(-c2cccc(Cl)c2)n(-c2ccc(F)cc2)n1. The molecule has 0 radical (unpaired) electrons. The first-order valence-electron chi connectivity index (χ1n) is 8.55. The van der Waals surface area contributed by atoms with Crippen molar-refractivity contribution in [2.45, 2.75) is 0 Å². The zero-order valence-corrected chi connectivity index (χ0v) is 17.2. The van der Waals surface area contributed by atoms with Gasteiger partial charge in [-0.05, 0) is 60.7 Å². The van der Waals surface area contributed by atoms with Crippen molar-refractivity contribution < 1.29 is 9.18 Å². The molecule has 1 heterocycles. The number of amides is 1. The van der Waals surface area contributed by atoms with Gasteiger partial charge in [0, 0.05) is 20.7 Å². The maximum Gasteiger partial charge on any atom is 0.295 e. The summed E-state index contributed by atoms with van der Waals surface area (Å²) in [7, 11) is 0. The predicted octanol–water partition coefficient (Wildman–Crippen LogP) is 5.74. The molecule has 0 aliphatic rings. The summed E-state index contributed by atoms with van der Waals surface area (Å²) in [5, 5.41) is 7.64. The fraction of sp³-hybridized carbons (Fsp3) is 0. The van der Waals surface area contributed by atoms with Crippen LogP contribution in [0, 0.1) is 5.82 Å². The van der Waals surface area contributed by atoms with Gasteiger partial charge in [0.25, 0.3) is 5.91 Å². The number of nitrogens with one attached hydrogen (secondary N) is 1. The van der Waals surface area contributed by atoms with Crippen LogP contribution in [-0.4, -0.2) is 20.7 Å². The van der Waals surface area contributed by atoms with Crippen LogP contribution in [0.1, 0.15) is 10.6 Å². The van der Waals surface area contributed by atoms with Gasteiger partial charge in [-0.3, -0.25) is 4.79 Å². The van der Waals surface area contributed by atoms with Crippen molar-refractivity contribution in [2.75, 3.05) is 5.32 Å². The summed E-state index contributed by atoms with van der Waals surface area (Å²) in [6, 6.07) is 20.0. The maximum atomic E-state index is 13.4. The molecule has 1 aromatic heterocycles. The third-order valence-electron chi connectivity index (χ3n) is 4.07. The van der Waals surface area contributed by atoms with Crippen LogP contribution in [-0.2, 0) is 0 Å². The first-order chi connectivity index (χ1) is 14.0. The third-order valence-corrected chi connectivity index (χ3v) is 4.83. The Morgan fingerprint density at radius 1 is 1.03 bits per heavy atom. The number of benzene rings is 3. The van der Waals surface area contributed by atoms with Crippen molar-refractivity contribution >= 4 is 39.1 Å². The molecule has 0 aliphatic carbocycles. The van der Waals surface area contributed by atoms with Crippen molar-refractivity contribution in [1.82, 2.24) is 14.8 Å². The van der Waals surface area contributed by atoms with E-state index >= 15 is 0 Å². The number of hydrogen-bond acceptors (Lipinski definition) is 3. The molecule has 0 fully saturated rings. The van der Waals surface area contributed by atoms with Crippen molar-refractivity contribution in [3.63, 3.8) is 0 Å². The van der Waals surface area contributed by atoms with Crippen LogP contribution in [0.25, 0.3) is 17.1 Å². The Hall–Kier alpha value is -3.03. The zero-order valence-electron chi connectivity index (χ0n) is 14.8. The van der Waals surface area contributed by atoms with E-state index in [9.17, 15) is 9.18 Å². The third kappa shape index (κ3) is 4.36. The fourth-order valence-electron chi connectivity index (χ4n) is 2.71. The number of carbonyl (C=O) groups is 1. The van der Waals surface area contributed by atoms with E-state index in [0.29, 0.717) is 27.8 Å². The molecule has 29 heavy (non-hydrogen) atoms. The van der Waals surface area contributed by atoms with Gasteiger partial charge >= 0.3 is 0 Å². The standard InChI is InChI=1S/C21H13BrClFN4O/c22-14-4-8-17(9-5-14)25-21(29)19-26-20(13-2-1-3-15(23)12-13)28(27-19)18-10-6-16(24)7-11-18/h1-12H,(H,25,29). The lowest BCUT2D eigenvalue weighted by Gasteiger charge is -2.06. The Morgan fingerprint density at radius 3 is 2.45 bits per heavy atom. The van der Waals surface area contributed by atoms with Gasteiger partial charge in [0.1, 0.15) is 5.82 Å². The highest BCUT2D eigenvalue weighted by molar-refractivity contribution is 9.10. The minimum atomic E-state index is -0.462. The summed E-state index contributed by atoms with van der Waals surface area (Å²) in [4.78, 5) is 17.1. The van der Waals surface area contributed by atoms with Crippen LogP contribution in [0.2, 0.25) is 5.02 Å². The first kappa shape index (κ1) is 19.3. The fourth-order valence-corrected chi connectivity index (χ4v) is 3.16. The van der Waals surface area contributed by atoms with Gasteiger partial charge in [0.05, 0.1) is 5.69 Å². The van der Waals surface area contributed by atoms with Gasteiger partial charge in [-0.25, -0.2) is 14.1 Å². The lowest BCUT2D eigenvalue weighted by Crippen LogP contribution is -2.14. The van der Waals surface area contributed by atoms with Gasteiger partial charge in [0.15, 0.2) is 5.82 Å². The lowest BCUT2D eigenvalue weighted by atomic mass is 10.2. The second-order valence-electron chi connectivity index (χ2n) is 6.12. The molecule has 1 N–H and O–H groups in total. The molecular weight excluding hydrogens is 459 g/mol. The highest BCUT2D eigenvalue weighted by Gasteiger charge is 2.19. The smallest absolute Gasteiger partial charge is 0.295 e. The molecule has 3 aromatic carbocycles. The number of hydrogen-bond donors (Lipinski definition) is 1. The van der Waals surface area contributed by atoms with Gasteiger partial charge < -0.3 is 5.32 Å². The summed E-state index contributed by atoms with van der Waals surface area (Å²) >= 11 is 9.47. The van der Waals surface area contributed by atoms with Gasteiger partial charge in [0.2, 0.25) is 5.82 Å². The molecule has 0 saturated carbocycles. The topological polar surface area (TPSA) is 59.8 Å². The quantitative estimate of drug-likeness (QED) is 0.413. The molecule has 0 aliphatic heterocycles. The molecule has 144 valence electrons. The van der Waals surface area contributed by atoms with E-state index in [2.05, 4.69) is 31.3 Å². The summed E-state index contributed by atoms with van der Waals surface area (Å²) in [6.07, 6.45) is 0. The molecule has 0 atom stereocenters. The normalized spacial score (nSPS) is 10.7. The van der Waals surface area contributed by atoms with E-state index in [0.717, 1.165) is 4.47 Å². The molecule has 0 saturated heterocycles. The Balaban J connectivity index is 1.75. The Morgan fingerprint density at radius 2 is 1.76 bits per heavy atom. The molecule has 0 spiro atoms. The van der Waals surface area contributed by atoms with Crippen molar-refractivity contribution in [3.05, 3.63) is 93.9 Å². The van der Waals surface area contributed by atoms with Crippen molar-refractivity contribution in [3.8, 4) is 17.1 Å². The second kappa shape index (κ2) is 8.14.